The average molecular weight is 382 g/mol. The van der Waals surface area contributed by atoms with Crippen LogP contribution in [0.4, 0.5) is 17.3 Å². The standard InChI is InChI=1S/C22H31N5O/c1-4-23-20-13-21(25-15-24-20)27-12-6-8-18(14-27)10-11-22(28)26-19-9-5-7-16(2)17(19)3/h5,7,9,13,15,18H,4,6,8,10-12,14H2,1-3H3,(H,26,28)(H,23,24,25)/t18-/m0/s1. The van der Waals surface area contributed by atoms with Crippen LogP contribution in [-0.2, 0) is 4.79 Å². The van der Waals surface area contributed by atoms with Crippen molar-refractivity contribution in [2.24, 2.45) is 5.92 Å². The zero-order chi connectivity index (χ0) is 19.9. The molecule has 1 aliphatic heterocycles. The van der Waals surface area contributed by atoms with Crippen molar-refractivity contribution in [1.82, 2.24) is 9.97 Å². The molecule has 0 radical (unpaired) electrons. The first-order valence-corrected chi connectivity index (χ1v) is 10.2. The topological polar surface area (TPSA) is 70.2 Å². The van der Waals surface area contributed by atoms with Crippen LogP contribution in [0, 0.1) is 19.8 Å². The van der Waals surface area contributed by atoms with Gasteiger partial charge in [0.1, 0.15) is 18.0 Å². The first kappa shape index (κ1) is 20.1. The highest BCUT2D eigenvalue weighted by atomic mass is 16.1. The minimum atomic E-state index is 0.0993. The molecule has 28 heavy (non-hydrogen) atoms. The monoisotopic (exact) mass is 381 g/mol. The summed E-state index contributed by atoms with van der Waals surface area (Å²) in [4.78, 5) is 23.4. The maximum Gasteiger partial charge on any atom is 0.224 e. The van der Waals surface area contributed by atoms with E-state index in [1.165, 1.54) is 12.0 Å². The van der Waals surface area contributed by atoms with E-state index in [9.17, 15) is 4.79 Å². The Balaban J connectivity index is 1.53. The van der Waals surface area contributed by atoms with Gasteiger partial charge in [-0.05, 0) is 63.1 Å². The van der Waals surface area contributed by atoms with Gasteiger partial charge in [0, 0.05) is 37.8 Å². The molecular weight excluding hydrogens is 350 g/mol. The zero-order valence-corrected chi connectivity index (χ0v) is 17.2. The van der Waals surface area contributed by atoms with E-state index in [1.807, 2.05) is 25.1 Å². The van der Waals surface area contributed by atoms with Crippen LogP contribution in [0.25, 0.3) is 0 Å². The summed E-state index contributed by atoms with van der Waals surface area (Å²) in [6.45, 7) is 8.97. The normalized spacial score (nSPS) is 16.7. The maximum atomic E-state index is 12.4. The van der Waals surface area contributed by atoms with E-state index in [0.717, 1.165) is 55.4 Å². The number of benzene rings is 1. The Morgan fingerprint density at radius 3 is 2.96 bits per heavy atom. The van der Waals surface area contributed by atoms with Gasteiger partial charge in [-0.25, -0.2) is 9.97 Å². The minimum Gasteiger partial charge on any atom is -0.370 e. The van der Waals surface area contributed by atoms with Crippen LogP contribution in [-0.4, -0.2) is 35.5 Å². The van der Waals surface area contributed by atoms with E-state index in [-0.39, 0.29) is 5.91 Å². The number of piperidine rings is 1. The Morgan fingerprint density at radius 1 is 1.29 bits per heavy atom. The molecule has 1 atom stereocenters. The number of rotatable bonds is 7. The Hall–Kier alpha value is -2.63. The molecular formula is C22H31N5O. The molecule has 6 heteroatoms. The third-order valence-electron chi connectivity index (χ3n) is 5.51. The lowest BCUT2D eigenvalue weighted by Crippen LogP contribution is -2.36. The van der Waals surface area contributed by atoms with Gasteiger partial charge in [0.05, 0.1) is 0 Å². The van der Waals surface area contributed by atoms with Gasteiger partial charge in [0.2, 0.25) is 5.91 Å². The van der Waals surface area contributed by atoms with Gasteiger partial charge < -0.3 is 15.5 Å². The molecule has 150 valence electrons. The highest BCUT2D eigenvalue weighted by molar-refractivity contribution is 5.91. The van der Waals surface area contributed by atoms with E-state index < -0.39 is 0 Å². The van der Waals surface area contributed by atoms with Crippen molar-refractivity contribution < 1.29 is 4.79 Å². The van der Waals surface area contributed by atoms with Crippen molar-refractivity contribution in [3.05, 3.63) is 41.7 Å². The molecule has 1 saturated heterocycles. The molecule has 0 unspecified atom stereocenters. The number of aryl methyl sites for hydroxylation is 1. The van der Waals surface area contributed by atoms with Crippen molar-refractivity contribution in [2.45, 2.75) is 46.5 Å². The second-order valence-electron chi connectivity index (χ2n) is 7.58. The van der Waals surface area contributed by atoms with Crippen molar-refractivity contribution in [2.75, 3.05) is 35.2 Å². The van der Waals surface area contributed by atoms with Crippen molar-refractivity contribution in [3.8, 4) is 0 Å². The predicted molar refractivity (Wildman–Crippen MR) is 115 cm³/mol. The summed E-state index contributed by atoms with van der Waals surface area (Å²) in [7, 11) is 0. The molecule has 1 aliphatic rings. The van der Waals surface area contributed by atoms with Crippen LogP contribution < -0.4 is 15.5 Å². The molecule has 0 spiro atoms. The van der Waals surface area contributed by atoms with Crippen LogP contribution in [0.2, 0.25) is 0 Å². The molecule has 1 amide bonds. The molecule has 0 aliphatic carbocycles. The van der Waals surface area contributed by atoms with Gasteiger partial charge in [0.15, 0.2) is 0 Å². The molecule has 1 aromatic carbocycles. The fourth-order valence-electron chi connectivity index (χ4n) is 3.74. The molecule has 1 aromatic heterocycles. The van der Waals surface area contributed by atoms with Gasteiger partial charge in [-0.15, -0.1) is 0 Å². The summed E-state index contributed by atoms with van der Waals surface area (Å²) >= 11 is 0. The van der Waals surface area contributed by atoms with Gasteiger partial charge in [-0.1, -0.05) is 12.1 Å². The Kier molecular flexibility index (Phi) is 6.85. The molecule has 0 saturated carbocycles. The first-order valence-electron chi connectivity index (χ1n) is 10.2. The maximum absolute atomic E-state index is 12.4. The van der Waals surface area contributed by atoms with E-state index >= 15 is 0 Å². The van der Waals surface area contributed by atoms with E-state index in [1.54, 1.807) is 6.33 Å². The molecule has 1 fully saturated rings. The summed E-state index contributed by atoms with van der Waals surface area (Å²) in [5.74, 6) is 2.44. The van der Waals surface area contributed by atoms with Crippen LogP contribution in [0.3, 0.4) is 0 Å². The fourth-order valence-corrected chi connectivity index (χ4v) is 3.74. The quantitative estimate of drug-likeness (QED) is 0.754. The SMILES string of the molecule is CCNc1cc(N2CCC[C@@H](CCC(=O)Nc3cccc(C)c3C)C2)ncn1. The number of hydrogen-bond acceptors (Lipinski definition) is 5. The molecule has 0 bridgehead atoms. The van der Waals surface area contributed by atoms with Crippen LogP contribution in [0.15, 0.2) is 30.6 Å². The molecule has 2 aromatic rings. The van der Waals surface area contributed by atoms with Gasteiger partial charge in [-0.3, -0.25) is 4.79 Å². The van der Waals surface area contributed by atoms with Crippen LogP contribution in [0.1, 0.15) is 43.7 Å². The second kappa shape index (κ2) is 9.53. The molecule has 3 rings (SSSR count). The van der Waals surface area contributed by atoms with Gasteiger partial charge >= 0.3 is 0 Å². The number of nitrogens with zero attached hydrogens (tertiary/aromatic N) is 3. The minimum absolute atomic E-state index is 0.0993. The number of carbonyl (C=O) groups is 1. The number of amides is 1. The Morgan fingerprint density at radius 2 is 2.14 bits per heavy atom. The average Bonchev–Trinajstić information content (AvgIpc) is 2.71. The summed E-state index contributed by atoms with van der Waals surface area (Å²) in [6.07, 6.45) is 5.37. The van der Waals surface area contributed by atoms with Crippen molar-refractivity contribution in [1.29, 1.82) is 0 Å². The number of aromatic nitrogens is 2. The van der Waals surface area contributed by atoms with E-state index in [0.29, 0.717) is 12.3 Å². The third kappa shape index (κ3) is 5.21. The van der Waals surface area contributed by atoms with E-state index in [4.69, 9.17) is 0 Å². The van der Waals surface area contributed by atoms with E-state index in [2.05, 4.69) is 45.4 Å². The molecule has 2 N–H and O–H groups in total. The lowest BCUT2D eigenvalue weighted by atomic mass is 9.93. The van der Waals surface area contributed by atoms with Crippen LogP contribution in [0.5, 0.6) is 0 Å². The second-order valence-corrected chi connectivity index (χ2v) is 7.58. The van der Waals surface area contributed by atoms with Crippen molar-refractivity contribution in [3.63, 3.8) is 0 Å². The zero-order valence-electron chi connectivity index (χ0n) is 17.2. The number of nitrogens with one attached hydrogen (secondary N) is 2. The lowest BCUT2D eigenvalue weighted by molar-refractivity contribution is -0.116. The van der Waals surface area contributed by atoms with Gasteiger partial charge in [0.25, 0.3) is 0 Å². The summed E-state index contributed by atoms with van der Waals surface area (Å²) in [5, 5.41) is 6.31. The Labute approximate surface area is 167 Å². The number of carbonyl (C=O) groups excluding carboxylic acids is 1. The summed E-state index contributed by atoms with van der Waals surface area (Å²) in [5.41, 5.74) is 3.26. The third-order valence-corrected chi connectivity index (χ3v) is 5.51. The highest BCUT2D eigenvalue weighted by Crippen LogP contribution is 2.26. The van der Waals surface area contributed by atoms with Crippen molar-refractivity contribution >= 4 is 23.2 Å². The Bertz CT molecular complexity index is 807. The predicted octanol–water partition coefficient (Wildman–Crippen LogP) is 4.16. The first-order chi connectivity index (χ1) is 13.6. The fraction of sp³-hybridized carbons (Fsp3) is 0.500. The highest BCUT2D eigenvalue weighted by Gasteiger charge is 2.22. The molecule has 6 nitrogen and oxygen atoms in total. The van der Waals surface area contributed by atoms with Gasteiger partial charge in [-0.2, -0.15) is 0 Å². The summed E-state index contributed by atoms with van der Waals surface area (Å²) in [6, 6.07) is 8.04. The number of anilines is 3. The largest absolute Gasteiger partial charge is 0.370 e. The lowest BCUT2D eigenvalue weighted by Gasteiger charge is -2.33. The number of hydrogen-bond donors (Lipinski definition) is 2. The molecule has 2 heterocycles. The smallest absolute Gasteiger partial charge is 0.224 e. The summed E-state index contributed by atoms with van der Waals surface area (Å²) < 4.78 is 0. The van der Waals surface area contributed by atoms with Crippen LogP contribution >= 0.6 is 0 Å².